The van der Waals surface area contributed by atoms with Crippen molar-refractivity contribution in [3.63, 3.8) is 0 Å². The van der Waals surface area contributed by atoms with Crippen LogP contribution in [0.1, 0.15) is 0 Å². The third-order valence-electron chi connectivity index (χ3n) is 0.672. The van der Waals surface area contributed by atoms with Gasteiger partial charge in [0.25, 0.3) is 0 Å². The maximum Gasteiger partial charge on any atom is 0.355 e. The van der Waals surface area contributed by atoms with Crippen molar-refractivity contribution in [2.75, 3.05) is 0 Å². The van der Waals surface area contributed by atoms with Crippen molar-refractivity contribution >= 4 is 42.4 Å². The summed E-state index contributed by atoms with van der Waals surface area (Å²) in [6, 6.07) is 0. The Morgan fingerprint density at radius 1 is 1.50 bits per heavy atom. The molecular weight excluding hydrogens is 221 g/mol. The molecule has 10 heavy (non-hydrogen) atoms. The average Bonchev–Trinajstić information content (AvgIpc) is 1.60. The number of halogens is 3. The normalized spacial score (nSPS) is 14.4. The van der Waals surface area contributed by atoms with Gasteiger partial charge in [-0.3, -0.25) is 4.57 Å². The molecular formula is C3H4Cl3O3P. The number of allylic oxidation sites excluding steroid dienone is 1. The van der Waals surface area contributed by atoms with E-state index in [0.29, 0.717) is 5.54 Å². The molecule has 2 N–H and O–H groups in total. The van der Waals surface area contributed by atoms with Crippen LogP contribution in [0.15, 0.2) is 10.8 Å². The van der Waals surface area contributed by atoms with Crippen molar-refractivity contribution < 1.29 is 14.4 Å². The molecule has 0 atom stereocenters. The van der Waals surface area contributed by atoms with Gasteiger partial charge in [0.1, 0.15) is 4.84 Å². The minimum Gasteiger partial charge on any atom is -0.321 e. The first-order chi connectivity index (χ1) is 4.39. The molecule has 0 radical (unpaired) electrons. The van der Waals surface area contributed by atoms with Crippen molar-refractivity contribution in [1.29, 1.82) is 0 Å². The molecule has 0 fully saturated rings. The molecule has 0 aromatic carbocycles. The lowest BCUT2D eigenvalue weighted by molar-refractivity contribution is 0.382. The van der Waals surface area contributed by atoms with Crippen molar-refractivity contribution in [1.82, 2.24) is 0 Å². The lowest BCUT2D eigenvalue weighted by atomic mass is 10.7. The van der Waals surface area contributed by atoms with Gasteiger partial charge in [-0.05, 0) is 0 Å². The largest absolute Gasteiger partial charge is 0.355 e. The molecule has 0 heterocycles. The lowest BCUT2D eigenvalue weighted by Gasteiger charge is -2.07. The number of rotatable bonds is 2. The summed E-state index contributed by atoms with van der Waals surface area (Å²) in [5.74, 6) is 0. The minimum absolute atomic E-state index is 0.488. The van der Waals surface area contributed by atoms with E-state index in [1.807, 2.05) is 0 Å². The van der Waals surface area contributed by atoms with Crippen LogP contribution >= 0.6 is 42.4 Å². The summed E-state index contributed by atoms with van der Waals surface area (Å²) in [5, 5.41) is -0.488. The average molecular weight is 225 g/mol. The summed E-state index contributed by atoms with van der Waals surface area (Å²) in [7, 11) is -4.37. The van der Waals surface area contributed by atoms with Crippen LogP contribution in [0.4, 0.5) is 0 Å². The van der Waals surface area contributed by atoms with Gasteiger partial charge in [-0.15, -0.1) is 0 Å². The van der Waals surface area contributed by atoms with E-state index in [2.05, 4.69) is 0 Å². The van der Waals surface area contributed by atoms with Gasteiger partial charge in [-0.2, -0.15) is 0 Å². The molecule has 0 aromatic rings. The molecule has 0 aliphatic carbocycles. The summed E-state index contributed by atoms with van der Waals surface area (Å²) >= 11 is 15.3. The first-order valence-electron chi connectivity index (χ1n) is 2.04. The molecule has 0 saturated carbocycles. The Balaban J connectivity index is 4.57. The van der Waals surface area contributed by atoms with Crippen LogP contribution < -0.4 is 0 Å². The fourth-order valence-electron chi connectivity index (χ4n) is 0.238. The predicted octanol–water partition coefficient (Wildman–Crippen LogP) is 2.05. The van der Waals surface area contributed by atoms with Crippen molar-refractivity contribution in [2.24, 2.45) is 0 Å². The summed E-state index contributed by atoms with van der Waals surface area (Å²) in [4.78, 5) is 15.6. The zero-order chi connectivity index (χ0) is 8.36. The summed E-state index contributed by atoms with van der Waals surface area (Å²) in [5.41, 5.74) is 0.686. The zero-order valence-electron chi connectivity index (χ0n) is 4.54. The smallest absolute Gasteiger partial charge is 0.321 e. The van der Waals surface area contributed by atoms with Crippen LogP contribution in [0.3, 0.4) is 0 Å². The van der Waals surface area contributed by atoms with Crippen molar-refractivity contribution in [3.8, 4) is 0 Å². The SMILES string of the molecule is O=P(O)(O)/C(=C/Cl)C(Cl)Cl. The van der Waals surface area contributed by atoms with Gasteiger partial charge in [-0.1, -0.05) is 34.8 Å². The fraction of sp³-hybridized carbons (Fsp3) is 0.333. The Hall–Kier alpha value is 0.760. The van der Waals surface area contributed by atoms with E-state index >= 15 is 0 Å². The van der Waals surface area contributed by atoms with E-state index in [0.717, 1.165) is 0 Å². The molecule has 0 aliphatic rings. The van der Waals surface area contributed by atoms with Crippen LogP contribution in [0.2, 0.25) is 0 Å². The van der Waals surface area contributed by atoms with E-state index in [9.17, 15) is 4.57 Å². The molecule has 0 aromatic heterocycles. The van der Waals surface area contributed by atoms with E-state index in [1.54, 1.807) is 0 Å². The quantitative estimate of drug-likeness (QED) is 0.558. The number of alkyl halides is 2. The molecule has 0 spiro atoms. The highest BCUT2D eigenvalue weighted by molar-refractivity contribution is 7.57. The Labute approximate surface area is 72.7 Å². The van der Waals surface area contributed by atoms with Crippen LogP contribution in [-0.4, -0.2) is 14.6 Å². The van der Waals surface area contributed by atoms with Gasteiger partial charge in [0.05, 0.1) is 5.31 Å². The highest BCUT2D eigenvalue weighted by Crippen LogP contribution is 2.49. The Bertz CT molecular complexity index is 183. The predicted molar refractivity (Wildman–Crippen MR) is 41.5 cm³/mol. The third kappa shape index (κ3) is 3.24. The molecule has 0 saturated heterocycles. The van der Waals surface area contributed by atoms with Gasteiger partial charge in [-0.25, -0.2) is 0 Å². The Morgan fingerprint density at radius 3 is 1.90 bits per heavy atom. The molecule has 3 nitrogen and oxygen atoms in total. The van der Waals surface area contributed by atoms with Gasteiger partial charge in [0.15, 0.2) is 0 Å². The van der Waals surface area contributed by atoms with E-state index in [-0.39, 0.29) is 0 Å². The monoisotopic (exact) mass is 224 g/mol. The van der Waals surface area contributed by atoms with Crippen LogP contribution in [0, 0.1) is 0 Å². The summed E-state index contributed by atoms with van der Waals surface area (Å²) in [6.45, 7) is 0. The fourth-order valence-corrected chi connectivity index (χ4v) is 2.14. The second-order valence-electron chi connectivity index (χ2n) is 1.38. The van der Waals surface area contributed by atoms with Gasteiger partial charge in [0.2, 0.25) is 0 Å². The molecule has 0 amide bonds. The van der Waals surface area contributed by atoms with Crippen LogP contribution in [0.5, 0.6) is 0 Å². The van der Waals surface area contributed by atoms with Gasteiger partial charge < -0.3 is 9.79 Å². The zero-order valence-corrected chi connectivity index (χ0v) is 7.70. The van der Waals surface area contributed by atoms with Crippen LogP contribution in [-0.2, 0) is 4.57 Å². The Morgan fingerprint density at radius 2 is 1.90 bits per heavy atom. The highest BCUT2D eigenvalue weighted by Gasteiger charge is 2.25. The molecule has 0 rings (SSSR count). The summed E-state index contributed by atoms with van der Waals surface area (Å²) < 4.78 is 10.4. The van der Waals surface area contributed by atoms with Crippen LogP contribution in [0.25, 0.3) is 0 Å². The number of hydrogen-bond donors (Lipinski definition) is 2. The minimum atomic E-state index is -4.37. The first-order valence-corrected chi connectivity index (χ1v) is 4.96. The van der Waals surface area contributed by atoms with Crippen molar-refractivity contribution in [2.45, 2.75) is 4.84 Å². The second-order valence-corrected chi connectivity index (χ2v) is 4.30. The van der Waals surface area contributed by atoms with Crippen molar-refractivity contribution in [3.05, 3.63) is 10.8 Å². The highest BCUT2D eigenvalue weighted by atomic mass is 35.5. The second kappa shape index (κ2) is 3.96. The molecule has 7 heteroatoms. The standard InChI is InChI=1S/C3H4Cl3O3P/c4-1-2(3(5)6)10(7,8)9/h1,3H,(H2,7,8,9)/b2-1+. The first kappa shape index (κ1) is 10.8. The molecule has 0 aliphatic heterocycles. The van der Waals surface area contributed by atoms with E-state index < -0.39 is 17.7 Å². The molecule has 60 valence electrons. The van der Waals surface area contributed by atoms with Gasteiger partial charge in [0, 0.05) is 5.54 Å². The maximum absolute atomic E-state index is 10.4. The maximum atomic E-state index is 10.4. The topological polar surface area (TPSA) is 57.5 Å². The lowest BCUT2D eigenvalue weighted by Crippen LogP contribution is -1.93. The number of hydrogen-bond acceptors (Lipinski definition) is 1. The molecule has 0 unspecified atom stereocenters. The van der Waals surface area contributed by atoms with Gasteiger partial charge >= 0.3 is 7.60 Å². The van der Waals surface area contributed by atoms with E-state index in [1.165, 1.54) is 0 Å². The third-order valence-corrected chi connectivity index (χ3v) is 2.89. The summed E-state index contributed by atoms with van der Waals surface area (Å²) in [6.07, 6.45) is 0. The Kier molecular flexibility index (Phi) is 4.26. The van der Waals surface area contributed by atoms with E-state index in [4.69, 9.17) is 44.6 Å². The molecule has 0 bridgehead atoms.